The number of amides is 1. The highest BCUT2D eigenvalue weighted by Crippen LogP contribution is 2.29. The Hall–Kier alpha value is -1.92. The number of methoxy groups -OCH3 is 1. The van der Waals surface area contributed by atoms with Gasteiger partial charge in [0.15, 0.2) is 0 Å². The Morgan fingerprint density at radius 2 is 2.12 bits per heavy atom. The van der Waals surface area contributed by atoms with Crippen LogP contribution in [0.3, 0.4) is 0 Å². The number of nitrogens with zero attached hydrogens (tertiary/aromatic N) is 2. The van der Waals surface area contributed by atoms with E-state index in [1.807, 2.05) is 28.5 Å². The lowest BCUT2D eigenvalue weighted by molar-refractivity contribution is -0.136. The molecular weight excluding hydrogens is 348 g/mol. The van der Waals surface area contributed by atoms with Gasteiger partial charge in [0.2, 0.25) is 5.91 Å². The standard InChI is InChI=1S/C20H26N2O3S/c1-14(2)17-6-4-5-7-18(17)25-11-19-21-15(13-26-19)10-22(16-8-9-16)20(23)12-24-3/h4-7,13-14,16H,8-12H2,1-3H3. The molecule has 1 heterocycles. The van der Waals surface area contributed by atoms with Gasteiger partial charge in [0.1, 0.15) is 24.0 Å². The second-order valence-electron chi connectivity index (χ2n) is 6.90. The van der Waals surface area contributed by atoms with Crippen LogP contribution in [0.25, 0.3) is 0 Å². The number of ether oxygens (including phenoxy) is 2. The highest BCUT2D eigenvalue weighted by atomic mass is 32.1. The van der Waals surface area contributed by atoms with Crippen LogP contribution >= 0.6 is 11.3 Å². The summed E-state index contributed by atoms with van der Waals surface area (Å²) in [6.45, 7) is 5.44. The van der Waals surface area contributed by atoms with Crippen LogP contribution in [-0.4, -0.2) is 35.5 Å². The molecule has 1 fully saturated rings. The molecule has 1 aromatic carbocycles. The van der Waals surface area contributed by atoms with Gasteiger partial charge in [-0.05, 0) is 30.4 Å². The van der Waals surface area contributed by atoms with Gasteiger partial charge in [-0.2, -0.15) is 0 Å². The van der Waals surface area contributed by atoms with Crippen LogP contribution in [0.2, 0.25) is 0 Å². The first kappa shape index (κ1) is 18.9. The SMILES string of the molecule is COCC(=O)N(Cc1csc(COc2ccccc2C(C)C)n1)C1CC1. The highest BCUT2D eigenvalue weighted by molar-refractivity contribution is 7.09. The quantitative estimate of drug-likeness (QED) is 0.666. The summed E-state index contributed by atoms with van der Waals surface area (Å²) < 4.78 is 11.0. The van der Waals surface area contributed by atoms with E-state index in [1.54, 1.807) is 18.4 Å². The molecule has 0 N–H and O–H groups in total. The third-order valence-corrected chi connectivity index (χ3v) is 5.27. The number of para-hydroxylation sites is 1. The van der Waals surface area contributed by atoms with Crippen molar-refractivity contribution in [2.75, 3.05) is 13.7 Å². The summed E-state index contributed by atoms with van der Waals surface area (Å²) >= 11 is 1.58. The number of rotatable bonds is 9. The molecule has 0 aliphatic heterocycles. The number of hydrogen-bond donors (Lipinski definition) is 0. The van der Waals surface area contributed by atoms with Crippen LogP contribution in [0.4, 0.5) is 0 Å². The van der Waals surface area contributed by atoms with Gasteiger partial charge in [0.25, 0.3) is 0 Å². The minimum absolute atomic E-state index is 0.0339. The Bertz CT molecular complexity index is 740. The van der Waals surface area contributed by atoms with Gasteiger partial charge in [-0.3, -0.25) is 4.79 Å². The fourth-order valence-corrected chi connectivity index (χ4v) is 3.60. The highest BCUT2D eigenvalue weighted by Gasteiger charge is 2.32. The van der Waals surface area contributed by atoms with Crippen molar-refractivity contribution in [2.24, 2.45) is 0 Å². The number of carbonyl (C=O) groups excluding carboxylic acids is 1. The smallest absolute Gasteiger partial charge is 0.249 e. The molecule has 0 bridgehead atoms. The Morgan fingerprint density at radius 1 is 1.35 bits per heavy atom. The van der Waals surface area contributed by atoms with Crippen molar-refractivity contribution in [3.8, 4) is 5.75 Å². The first-order valence-electron chi connectivity index (χ1n) is 9.02. The normalized spacial score (nSPS) is 13.8. The molecule has 26 heavy (non-hydrogen) atoms. The van der Waals surface area contributed by atoms with E-state index < -0.39 is 0 Å². The van der Waals surface area contributed by atoms with E-state index >= 15 is 0 Å². The zero-order valence-corrected chi connectivity index (χ0v) is 16.4. The number of benzene rings is 1. The van der Waals surface area contributed by atoms with Crippen molar-refractivity contribution >= 4 is 17.2 Å². The zero-order chi connectivity index (χ0) is 18.5. The van der Waals surface area contributed by atoms with E-state index in [-0.39, 0.29) is 12.5 Å². The molecule has 1 saturated carbocycles. The van der Waals surface area contributed by atoms with Crippen molar-refractivity contribution in [3.63, 3.8) is 0 Å². The van der Waals surface area contributed by atoms with Crippen LogP contribution in [0, 0.1) is 0 Å². The van der Waals surface area contributed by atoms with Crippen molar-refractivity contribution < 1.29 is 14.3 Å². The Balaban J connectivity index is 1.60. The molecule has 1 aliphatic rings. The van der Waals surface area contributed by atoms with Gasteiger partial charge < -0.3 is 14.4 Å². The lowest BCUT2D eigenvalue weighted by Gasteiger charge is -2.20. The largest absolute Gasteiger partial charge is 0.486 e. The number of hydrogen-bond acceptors (Lipinski definition) is 5. The molecule has 140 valence electrons. The second-order valence-corrected chi connectivity index (χ2v) is 7.84. The first-order valence-corrected chi connectivity index (χ1v) is 9.90. The summed E-state index contributed by atoms with van der Waals surface area (Å²) in [6, 6.07) is 8.47. The Labute approximate surface area is 159 Å². The number of aromatic nitrogens is 1. The fraction of sp³-hybridized carbons (Fsp3) is 0.500. The van der Waals surface area contributed by atoms with Gasteiger partial charge in [-0.1, -0.05) is 32.0 Å². The minimum atomic E-state index is 0.0339. The molecule has 5 nitrogen and oxygen atoms in total. The van der Waals surface area contributed by atoms with Crippen molar-refractivity contribution in [1.82, 2.24) is 9.88 Å². The van der Waals surface area contributed by atoms with E-state index in [0.29, 0.717) is 25.1 Å². The average molecular weight is 375 g/mol. The van der Waals surface area contributed by atoms with Crippen LogP contribution < -0.4 is 4.74 Å². The summed E-state index contributed by atoms with van der Waals surface area (Å²) in [5, 5.41) is 2.94. The molecule has 0 saturated heterocycles. The third kappa shape index (κ3) is 4.83. The van der Waals surface area contributed by atoms with Crippen LogP contribution in [0.15, 0.2) is 29.6 Å². The van der Waals surface area contributed by atoms with Gasteiger partial charge >= 0.3 is 0 Å². The Kier molecular flexibility index (Phi) is 6.27. The van der Waals surface area contributed by atoms with Crippen LogP contribution in [0.5, 0.6) is 5.75 Å². The molecule has 0 atom stereocenters. The van der Waals surface area contributed by atoms with Gasteiger partial charge in [0.05, 0.1) is 12.2 Å². The molecule has 0 radical (unpaired) electrons. The molecule has 1 aliphatic carbocycles. The van der Waals surface area contributed by atoms with E-state index in [9.17, 15) is 4.79 Å². The van der Waals surface area contributed by atoms with Crippen molar-refractivity contribution in [3.05, 3.63) is 45.9 Å². The lowest BCUT2D eigenvalue weighted by atomic mass is 10.0. The maximum Gasteiger partial charge on any atom is 0.249 e. The maximum absolute atomic E-state index is 12.2. The summed E-state index contributed by atoms with van der Waals surface area (Å²) in [7, 11) is 1.55. The zero-order valence-electron chi connectivity index (χ0n) is 15.6. The molecular formula is C20H26N2O3S. The average Bonchev–Trinajstić information content (AvgIpc) is 3.37. The van der Waals surface area contributed by atoms with Crippen LogP contribution in [0.1, 0.15) is 48.9 Å². The van der Waals surface area contributed by atoms with E-state index in [4.69, 9.17) is 9.47 Å². The van der Waals surface area contributed by atoms with E-state index in [2.05, 4.69) is 24.9 Å². The topological polar surface area (TPSA) is 51.7 Å². The van der Waals surface area contributed by atoms with Crippen molar-refractivity contribution in [2.45, 2.75) is 51.8 Å². The predicted octanol–water partition coefficient (Wildman–Crippen LogP) is 3.98. The molecule has 1 aromatic heterocycles. The van der Waals surface area contributed by atoms with Gasteiger partial charge in [0, 0.05) is 18.5 Å². The van der Waals surface area contributed by atoms with Crippen molar-refractivity contribution in [1.29, 1.82) is 0 Å². The molecule has 6 heteroatoms. The minimum Gasteiger partial charge on any atom is -0.486 e. The summed E-state index contributed by atoms with van der Waals surface area (Å²) in [4.78, 5) is 18.7. The summed E-state index contributed by atoms with van der Waals surface area (Å²) in [5.41, 5.74) is 2.12. The Morgan fingerprint density at radius 3 is 2.81 bits per heavy atom. The summed E-state index contributed by atoms with van der Waals surface area (Å²) in [5.74, 6) is 1.36. The summed E-state index contributed by atoms with van der Waals surface area (Å²) in [6.07, 6.45) is 2.14. The predicted molar refractivity (Wildman–Crippen MR) is 102 cm³/mol. The monoisotopic (exact) mass is 374 g/mol. The molecule has 3 rings (SSSR count). The fourth-order valence-electron chi connectivity index (χ4n) is 2.90. The van der Waals surface area contributed by atoms with Gasteiger partial charge in [-0.15, -0.1) is 11.3 Å². The number of thiazole rings is 1. The number of carbonyl (C=O) groups is 1. The lowest BCUT2D eigenvalue weighted by Crippen LogP contribution is -2.35. The maximum atomic E-state index is 12.2. The van der Waals surface area contributed by atoms with Crippen LogP contribution in [-0.2, 0) is 22.7 Å². The van der Waals surface area contributed by atoms with E-state index in [1.165, 1.54) is 5.56 Å². The molecule has 2 aromatic rings. The third-order valence-electron chi connectivity index (χ3n) is 4.40. The molecule has 1 amide bonds. The van der Waals surface area contributed by atoms with Gasteiger partial charge in [-0.25, -0.2) is 4.98 Å². The second kappa shape index (κ2) is 8.64. The molecule has 0 unspecified atom stereocenters. The first-order chi connectivity index (χ1) is 12.6. The van der Waals surface area contributed by atoms with E-state index in [0.717, 1.165) is 29.3 Å². The molecule has 0 spiro atoms.